The molecule has 0 spiro atoms. The average Bonchev–Trinajstić information content (AvgIpc) is 2.95. The first-order chi connectivity index (χ1) is 7.00. The predicted molar refractivity (Wildman–Crippen MR) is 53.9 cm³/mol. The van der Waals surface area contributed by atoms with Gasteiger partial charge in [-0.15, -0.1) is 0 Å². The Kier molecular flexibility index (Phi) is 4.05. The van der Waals surface area contributed by atoms with Crippen molar-refractivity contribution in [1.82, 2.24) is 10.6 Å². The highest BCUT2D eigenvalue weighted by Crippen LogP contribution is 2.32. The molecule has 0 aromatic heterocycles. The molecule has 0 aromatic rings. The minimum Gasteiger partial charge on any atom is -0.392 e. The SMILES string of the molecule is CC(NCC(O)C1CC1)C(=O)NC(N)=O. The summed E-state index contributed by atoms with van der Waals surface area (Å²) in [5.41, 5.74) is 4.80. The molecule has 1 aliphatic carbocycles. The van der Waals surface area contributed by atoms with Crippen molar-refractivity contribution < 1.29 is 14.7 Å². The number of primary amides is 1. The topological polar surface area (TPSA) is 104 Å². The highest BCUT2D eigenvalue weighted by Gasteiger charge is 2.29. The van der Waals surface area contributed by atoms with Crippen LogP contribution in [0.2, 0.25) is 0 Å². The van der Waals surface area contributed by atoms with E-state index >= 15 is 0 Å². The zero-order valence-corrected chi connectivity index (χ0v) is 8.69. The summed E-state index contributed by atoms with van der Waals surface area (Å²) in [7, 11) is 0. The first kappa shape index (κ1) is 11.9. The first-order valence-corrected chi connectivity index (χ1v) is 5.02. The van der Waals surface area contributed by atoms with E-state index in [1.165, 1.54) is 0 Å². The third kappa shape index (κ3) is 4.26. The van der Waals surface area contributed by atoms with Gasteiger partial charge in [0.15, 0.2) is 0 Å². The van der Waals surface area contributed by atoms with Crippen molar-refractivity contribution in [3.63, 3.8) is 0 Å². The number of nitrogens with two attached hydrogens (primary N) is 1. The molecule has 0 heterocycles. The maximum absolute atomic E-state index is 11.2. The van der Waals surface area contributed by atoms with Crippen LogP contribution in [0.3, 0.4) is 0 Å². The molecule has 5 N–H and O–H groups in total. The number of aliphatic hydroxyl groups excluding tert-OH is 1. The standard InChI is InChI=1S/C9H17N3O3/c1-5(8(14)12-9(10)15)11-4-7(13)6-2-3-6/h5-7,11,13H,2-4H2,1H3,(H3,10,12,14,15). The monoisotopic (exact) mass is 215 g/mol. The molecule has 6 nitrogen and oxygen atoms in total. The Balaban J connectivity index is 2.18. The Labute approximate surface area is 88.2 Å². The number of carbonyl (C=O) groups excluding carboxylic acids is 2. The van der Waals surface area contributed by atoms with Crippen molar-refractivity contribution >= 4 is 11.9 Å². The fourth-order valence-corrected chi connectivity index (χ4v) is 1.27. The number of hydrogen-bond donors (Lipinski definition) is 4. The van der Waals surface area contributed by atoms with Crippen LogP contribution in [0.5, 0.6) is 0 Å². The van der Waals surface area contributed by atoms with Gasteiger partial charge in [-0.2, -0.15) is 0 Å². The van der Waals surface area contributed by atoms with Gasteiger partial charge in [-0.1, -0.05) is 0 Å². The molecule has 15 heavy (non-hydrogen) atoms. The summed E-state index contributed by atoms with van der Waals surface area (Å²) < 4.78 is 0. The van der Waals surface area contributed by atoms with Gasteiger partial charge in [0.25, 0.3) is 0 Å². The molecule has 1 fully saturated rings. The fourth-order valence-electron chi connectivity index (χ4n) is 1.27. The van der Waals surface area contributed by atoms with Gasteiger partial charge in [0, 0.05) is 6.54 Å². The summed E-state index contributed by atoms with van der Waals surface area (Å²) in [4.78, 5) is 21.6. The van der Waals surface area contributed by atoms with Crippen LogP contribution in [-0.4, -0.2) is 35.7 Å². The summed E-state index contributed by atoms with van der Waals surface area (Å²) in [5.74, 6) is -0.116. The maximum atomic E-state index is 11.2. The summed E-state index contributed by atoms with van der Waals surface area (Å²) in [5, 5.41) is 14.3. The number of urea groups is 1. The van der Waals surface area contributed by atoms with Gasteiger partial charge in [0.1, 0.15) is 0 Å². The second kappa shape index (κ2) is 5.09. The van der Waals surface area contributed by atoms with Crippen LogP contribution in [0.1, 0.15) is 19.8 Å². The summed E-state index contributed by atoms with van der Waals surface area (Å²) in [6.07, 6.45) is 1.68. The molecule has 2 atom stereocenters. The molecule has 86 valence electrons. The Morgan fingerprint density at radius 1 is 1.53 bits per heavy atom. The Bertz CT molecular complexity index is 253. The van der Waals surface area contributed by atoms with Crippen molar-refractivity contribution in [1.29, 1.82) is 0 Å². The van der Waals surface area contributed by atoms with Gasteiger partial charge >= 0.3 is 6.03 Å². The number of aliphatic hydroxyl groups is 1. The molecule has 0 bridgehead atoms. The third-order valence-electron chi connectivity index (χ3n) is 2.44. The molecular weight excluding hydrogens is 198 g/mol. The van der Waals surface area contributed by atoms with Gasteiger partial charge in [0.2, 0.25) is 5.91 Å². The van der Waals surface area contributed by atoms with E-state index in [0.717, 1.165) is 12.8 Å². The largest absolute Gasteiger partial charge is 0.392 e. The quantitative estimate of drug-likeness (QED) is 0.468. The van der Waals surface area contributed by atoms with E-state index in [-0.39, 0.29) is 0 Å². The van der Waals surface area contributed by atoms with Crippen molar-refractivity contribution in [3.05, 3.63) is 0 Å². The van der Waals surface area contributed by atoms with Crippen LogP contribution in [-0.2, 0) is 4.79 Å². The first-order valence-electron chi connectivity index (χ1n) is 5.02. The minimum absolute atomic E-state index is 0.359. The average molecular weight is 215 g/mol. The lowest BCUT2D eigenvalue weighted by Crippen LogP contribution is -2.48. The second-order valence-corrected chi connectivity index (χ2v) is 3.89. The Hall–Kier alpha value is -1.14. The van der Waals surface area contributed by atoms with Crippen LogP contribution in [0.4, 0.5) is 4.79 Å². The van der Waals surface area contributed by atoms with Crippen LogP contribution in [0.15, 0.2) is 0 Å². The number of rotatable bonds is 5. The molecule has 1 rings (SSSR count). The minimum atomic E-state index is -0.864. The lowest BCUT2D eigenvalue weighted by Gasteiger charge is -2.15. The fraction of sp³-hybridized carbons (Fsp3) is 0.778. The van der Waals surface area contributed by atoms with E-state index in [1.807, 2.05) is 5.32 Å². The number of imide groups is 1. The molecule has 1 aliphatic rings. The zero-order chi connectivity index (χ0) is 11.4. The molecule has 6 heteroatoms. The van der Waals surface area contributed by atoms with Crippen LogP contribution in [0.25, 0.3) is 0 Å². The summed E-state index contributed by atoms with van der Waals surface area (Å²) in [6, 6.07) is -1.40. The van der Waals surface area contributed by atoms with Crippen molar-refractivity contribution in [2.45, 2.75) is 31.9 Å². The van der Waals surface area contributed by atoms with Gasteiger partial charge in [-0.25, -0.2) is 4.79 Å². The summed E-state index contributed by atoms with van der Waals surface area (Å²) in [6.45, 7) is 1.97. The van der Waals surface area contributed by atoms with Crippen LogP contribution < -0.4 is 16.4 Å². The van der Waals surface area contributed by atoms with Gasteiger partial charge < -0.3 is 16.2 Å². The molecule has 3 amide bonds. The normalized spacial score (nSPS) is 19.3. The van der Waals surface area contributed by atoms with Crippen molar-refractivity contribution in [2.24, 2.45) is 11.7 Å². The third-order valence-corrected chi connectivity index (χ3v) is 2.44. The van der Waals surface area contributed by atoms with Crippen molar-refractivity contribution in [2.75, 3.05) is 6.54 Å². The Morgan fingerprint density at radius 2 is 2.13 bits per heavy atom. The highest BCUT2D eigenvalue weighted by molar-refractivity contribution is 5.96. The molecular formula is C9H17N3O3. The molecule has 0 saturated heterocycles. The van der Waals surface area contributed by atoms with Gasteiger partial charge in [-0.05, 0) is 25.7 Å². The van der Waals surface area contributed by atoms with Gasteiger partial charge in [-0.3, -0.25) is 10.1 Å². The van der Waals surface area contributed by atoms with E-state index in [9.17, 15) is 14.7 Å². The summed E-state index contributed by atoms with van der Waals surface area (Å²) >= 11 is 0. The number of hydrogen-bond acceptors (Lipinski definition) is 4. The van der Waals surface area contributed by atoms with E-state index in [4.69, 9.17) is 5.73 Å². The molecule has 0 radical (unpaired) electrons. The van der Waals surface area contributed by atoms with E-state index in [2.05, 4.69) is 5.32 Å². The predicted octanol–water partition coefficient (Wildman–Crippen LogP) is -1.07. The van der Waals surface area contributed by atoms with Gasteiger partial charge in [0.05, 0.1) is 12.1 Å². The second-order valence-electron chi connectivity index (χ2n) is 3.89. The molecule has 2 unspecified atom stereocenters. The van der Waals surface area contributed by atoms with E-state index in [0.29, 0.717) is 12.5 Å². The smallest absolute Gasteiger partial charge is 0.318 e. The van der Waals surface area contributed by atoms with Crippen LogP contribution >= 0.6 is 0 Å². The number of amides is 3. The van der Waals surface area contributed by atoms with E-state index < -0.39 is 24.1 Å². The highest BCUT2D eigenvalue weighted by atomic mass is 16.3. The maximum Gasteiger partial charge on any atom is 0.318 e. The Morgan fingerprint density at radius 3 is 2.60 bits per heavy atom. The zero-order valence-electron chi connectivity index (χ0n) is 8.69. The number of carbonyl (C=O) groups is 2. The lowest BCUT2D eigenvalue weighted by atomic mass is 10.2. The molecule has 0 aromatic carbocycles. The van der Waals surface area contributed by atoms with Crippen LogP contribution in [0, 0.1) is 5.92 Å². The lowest BCUT2D eigenvalue weighted by molar-refractivity contribution is -0.121. The molecule has 1 saturated carbocycles. The van der Waals surface area contributed by atoms with Crippen molar-refractivity contribution in [3.8, 4) is 0 Å². The molecule has 0 aliphatic heterocycles. The number of nitrogens with one attached hydrogen (secondary N) is 2. The van der Waals surface area contributed by atoms with E-state index in [1.54, 1.807) is 6.92 Å².